The Hall–Kier alpha value is -1.56. The van der Waals surface area contributed by atoms with Gasteiger partial charge in [0.1, 0.15) is 0 Å². The molecule has 1 rings (SSSR count). The summed E-state index contributed by atoms with van der Waals surface area (Å²) in [5, 5.41) is 0. The van der Waals surface area contributed by atoms with Crippen LogP contribution in [0, 0.1) is 0 Å². The lowest BCUT2D eigenvalue weighted by Gasteiger charge is -2.22. The number of amides is 1. The average molecular weight is 355 g/mol. The number of aryl methyl sites for hydroxylation is 1. The quantitative estimate of drug-likeness (QED) is 0.662. The summed E-state index contributed by atoms with van der Waals surface area (Å²) in [4.78, 5) is 14.4. The fourth-order valence-electron chi connectivity index (χ4n) is 2.42. The van der Waals surface area contributed by atoms with Crippen molar-refractivity contribution in [1.29, 1.82) is 0 Å². The molecule has 0 bridgehead atoms. The van der Waals surface area contributed by atoms with Gasteiger partial charge in [-0.1, -0.05) is 38.8 Å². The highest BCUT2D eigenvalue weighted by Crippen LogP contribution is 2.13. The Labute approximate surface area is 146 Å². The van der Waals surface area contributed by atoms with Gasteiger partial charge in [-0.2, -0.15) is 0 Å². The number of nitrogens with one attached hydrogen (secondary N) is 1. The summed E-state index contributed by atoms with van der Waals surface area (Å²) in [5.74, 6) is 0.204. The molecule has 24 heavy (non-hydrogen) atoms. The van der Waals surface area contributed by atoms with Gasteiger partial charge in [0.25, 0.3) is 0 Å². The van der Waals surface area contributed by atoms with E-state index < -0.39 is 10.0 Å². The Kier molecular flexibility index (Phi) is 8.82. The Balaban J connectivity index is 2.54. The number of carbonyl (C=O) groups excluding carboxylic acids is 1. The van der Waals surface area contributed by atoms with Crippen LogP contribution in [-0.2, 0) is 21.2 Å². The summed E-state index contributed by atoms with van der Waals surface area (Å²) in [6.07, 6.45) is 6.55. The average Bonchev–Trinajstić information content (AvgIpc) is 2.52. The second-order valence-corrected chi connectivity index (χ2v) is 7.91. The molecular weight excluding hydrogens is 324 g/mol. The molecule has 5 nitrogen and oxygen atoms in total. The molecule has 1 aromatic carbocycles. The predicted molar refractivity (Wildman–Crippen MR) is 99.6 cm³/mol. The molecule has 0 radical (unpaired) electrons. The minimum atomic E-state index is -3.26. The van der Waals surface area contributed by atoms with Crippen LogP contribution in [0.4, 0.5) is 5.69 Å². The lowest BCUT2D eigenvalue weighted by atomic mass is 10.1. The van der Waals surface area contributed by atoms with Crippen LogP contribution in [0.3, 0.4) is 0 Å². The maximum Gasteiger partial charge on any atom is 0.229 e. The summed E-state index contributed by atoms with van der Waals surface area (Å²) in [6, 6.07) is 7.19. The minimum absolute atomic E-state index is 0.204. The molecule has 0 saturated heterocycles. The molecule has 0 aliphatic rings. The molecule has 1 aromatic rings. The van der Waals surface area contributed by atoms with E-state index in [1.165, 1.54) is 0 Å². The van der Waals surface area contributed by atoms with Crippen molar-refractivity contribution in [2.45, 2.75) is 52.4 Å². The van der Waals surface area contributed by atoms with Crippen molar-refractivity contribution in [3.8, 4) is 0 Å². The van der Waals surface area contributed by atoms with Crippen molar-refractivity contribution in [2.24, 2.45) is 0 Å². The predicted octanol–water partition coefficient (Wildman–Crippen LogP) is 3.42. The van der Waals surface area contributed by atoms with Crippen molar-refractivity contribution in [3.05, 3.63) is 29.8 Å². The van der Waals surface area contributed by atoms with Crippen molar-refractivity contribution >= 4 is 21.6 Å². The molecule has 0 aliphatic heterocycles. The fraction of sp³-hybridized carbons (Fsp3) is 0.611. The number of nitrogens with zero attached hydrogens (tertiary/aromatic N) is 1. The van der Waals surface area contributed by atoms with E-state index in [4.69, 9.17) is 0 Å². The Bertz CT molecular complexity index is 589. The largest absolute Gasteiger partial charge is 0.343 e. The summed E-state index contributed by atoms with van der Waals surface area (Å²) in [5.41, 5.74) is 1.58. The van der Waals surface area contributed by atoms with Crippen LogP contribution in [0.2, 0.25) is 0 Å². The van der Waals surface area contributed by atoms with Gasteiger partial charge in [0, 0.05) is 25.2 Å². The third kappa shape index (κ3) is 8.34. The van der Waals surface area contributed by atoms with Crippen molar-refractivity contribution in [2.75, 3.05) is 24.1 Å². The number of benzene rings is 1. The SMILES string of the molecule is CCCCN(CCCC)C(=O)CCc1ccc(NS(C)(=O)=O)cc1. The smallest absolute Gasteiger partial charge is 0.229 e. The van der Waals surface area contributed by atoms with E-state index >= 15 is 0 Å². The van der Waals surface area contributed by atoms with Gasteiger partial charge in [0.05, 0.1) is 6.26 Å². The van der Waals surface area contributed by atoms with E-state index in [1.807, 2.05) is 17.0 Å². The molecule has 0 spiro atoms. The van der Waals surface area contributed by atoms with Gasteiger partial charge >= 0.3 is 0 Å². The third-order valence-electron chi connectivity index (χ3n) is 3.80. The summed E-state index contributed by atoms with van der Waals surface area (Å²) in [7, 11) is -3.26. The fourth-order valence-corrected chi connectivity index (χ4v) is 2.99. The van der Waals surface area contributed by atoms with Crippen LogP contribution in [0.15, 0.2) is 24.3 Å². The van der Waals surface area contributed by atoms with Crippen molar-refractivity contribution < 1.29 is 13.2 Å². The molecular formula is C18H30N2O3S. The summed E-state index contributed by atoms with van der Waals surface area (Å²) < 4.78 is 24.8. The first kappa shape index (κ1) is 20.5. The highest BCUT2D eigenvalue weighted by Gasteiger charge is 2.12. The molecule has 0 saturated carbocycles. The van der Waals surface area contributed by atoms with Crippen molar-refractivity contribution in [3.63, 3.8) is 0 Å². The van der Waals surface area contributed by atoms with Gasteiger partial charge in [-0.05, 0) is 37.0 Å². The Morgan fingerprint density at radius 2 is 1.58 bits per heavy atom. The molecule has 0 aliphatic carbocycles. The van der Waals surface area contributed by atoms with Gasteiger partial charge in [0.15, 0.2) is 0 Å². The molecule has 136 valence electrons. The van der Waals surface area contributed by atoms with Gasteiger partial charge in [-0.3, -0.25) is 9.52 Å². The van der Waals surface area contributed by atoms with E-state index in [2.05, 4.69) is 18.6 Å². The van der Waals surface area contributed by atoms with E-state index in [0.717, 1.165) is 50.6 Å². The number of rotatable bonds is 11. The molecule has 0 unspecified atom stereocenters. The summed E-state index contributed by atoms with van der Waals surface area (Å²) in [6.45, 7) is 5.95. The van der Waals surface area contributed by atoms with Crippen LogP contribution in [0.25, 0.3) is 0 Å². The highest BCUT2D eigenvalue weighted by atomic mass is 32.2. The zero-order valence-corrected chi connectivity index (χ0v) is 15.9. The van der Waals surface area contributed by atoms with E-state index in [9.17, 15) is 13.2 Å². The lowest BCUT2D eigenvalue weighted by molar-refractivity contribution is -0.131. The second-order valence-electron chi connectivity index (χ2n) is 6.16. The van der Waals surface area contributed by atoms with Crippen LogP contribution >= 0.6 is 0 Å². The summed E-state index contributed by atoms with van der Waals surface area (Å²) >= 11 is 0. The molecule has 0 aromatic heterocycles. The molecule has 0 fully saturated rings. The number of hydrogen-bond acceptors (Lipinski definition) is 3. The number of anilines is 1. The molecule has 1 amide bonds. The first-order valence-electron chi connectivity index (χ1n) is 8.70. The van der Waals surface area contributed by atoms with E-state index in [-0.39, 0.29) is 5.91 Å². The zero-order valence-electron chi connectivity index (χ0n) is 15.0. The lowest BCUT2D eigenvalue weighted by Crippen LogP contribution is -2.33. The van der Waals surface area contributed by atoms with Gasteiger partial charge in [-0.15, -0.1) is 0 Å². The monoisotopic (exact) mass is 354 g/mol. The van der Waals surface area contributed by atoms with Crippen LogP contribution in [-0.4, -0.2) is 38.6 Å². The first-order valence-corrected chi connectivity index (χ1v) is 10.6. The minimum Gasteiger partial charge on any atom is -0.343 e. The first-order chi connectivity index (χ1) is 11.4. The second kappa shape index (κ2) is 10.3. The highest BCUT2D eigenvalue weighted by molar-refractivity contribution is 7.92. The van der Waals surface area contributed by atoms with E-state index in [1.54, 1.807) is 12.1 Å². The zero-order chi connectivity index (χ0) is 18.0. The number of carbonyl (C=O) groups is 1. The Morgan fingerprint density at radius 1 is 1.04 bits per heavy atom. The van der Waals surface area contributed by atoms with Gasteiger partial charge < -0.3 is 4.90 Å². The maximum atomic E-state index is 12.4. The number of unbranched alkanes of at least 4 members (excludes halogenated alkanes) is 2. The van der Waals surface area contributed by atoms with Gasteiger partial charge in [0.2, 0.25) is 15.9 Å². The molecule has 0 atom stereocenters. The van der Waals surface area contributed by atoms with Crippen LogP contribution < -0.4 is 4.72 Å². The molecule has 1 N–H and O–H groups in total. The Morgan fingerprint density at radius 3 is 2.04 bits per heavy atom. The van der Waals surface area contributed by atoms with Crippen LogP contribution in [0.5, 0.6) is 0 Å². The van der Waals surface area contributed by atoms with Crippen molar-refractivity contribution in [1.82, 2.24) is 4.90 Å². The maximum absolute atomic E-state index is 12.4. The third-order valence-corrected chi connectivity index (χ3v) is 4.41. The standard InChI is InChI=1S/C18H30N2O3S/c1-4-6-14-20(15-7-5-2)18(21)13-10-16-8-11-17(12-9-16)19-24(3,22)23/h8-9,11-12,19H,4-7,10,13-15H2,1-3H3. The topological polar surface area (TPSA) is 66.5 Å². The normalized spacial score (nSPS) is 11.3. The molecule has 0 heterocycles. The number of sulfonamides is 1. The van der Waals surface area contributed by atoms with Crippen LogP contribution in [0.1, 0.15) is 51.5 Å². The van der Waals surface area contributed by atoms with Gasteiger partial charge in [-0.25, -0.2) is 8.42 Å². The number of hydrogen-bond donors (Lipinski definition) is 1. The molecule has 6 heteroatoms. The van der Waals surface area contributed by atoms with E-state index in [0.29, 0.717) is 18.5 Å².